The Morgan fingerprint density at radius 1 is 1.04 bits per heavy atom. The fourth-order valence-electron chi connectivity index (χ4n) is 2.27. The third-order valence-electron chi connectivity index (χ3n) is 5.25. The molecule has 0 aliphatic rings. The lowest BCUT2D eigenvalue weighted by Gasteiger charge is -2.43. The lowest BCUT2D eigenvalue weighted by molar-refractivity contribution is -0.129. The van der Waals surface area contributed by atoms with Gasteiger partial charge in [-0.3, -0.25) is 4.79 Å². The van der Waals surface area contributed by atoms with Crippen LogP contribution >= 0.6 is 0 Å². The summed E-state index contributed by atoms with van der Waals surface area (Å²) in [7, 11) is -1.91. The number of Topliss-reactive ketones (excluding diaryl/α,β-unsaturated/α-hetero) is 1. The normalized spacial score (nSPS) is 18.0. The fraction of sp³-hybridized carbons (Fsp3) is 0.947. The van der Waals surface area contributed by atoms with Crippen LogP contribution in [-0.4, -0.2) is 31.4 Å². The molecule has 0 rings (SSSR count). The molecule has 0 spiro atoms. The number of aliphatic hydroxyl groups is 1. The lowest BCUT2D eigenvalue weighted by Crippen LogP contribution is -2.49. The summed E-state index contributed by atoms with van der Waals surface area (Å²) < 4.78 is 6.58. The van der Waals surface area contributed by atoms with Crippen molar-refractivity contribution in [1.82, 2.24) is 0 Å². The van der Waals surface area contributed by atoms with Crippen molar-refractivity contribution in [3.8, 4) is 0 Å². The maximum Gasteiger partial charge on any atom is 0.192 e. The van der Waals surface area contributed by atoms with E-state index in [2.05, 4.69) is 47.7 Å². The minimum atomic E-state index is -1.91. The molecule has 3 nitrogen and oxygen atoms in total. The predicted octanol–water partition coefficient (Wildman–Crippen LogP) is 5.04. The molecule has 0 heterocycles. The molecule has 138 valence electrons. The minimum absolute atomic E-state index is 0.0290. The van der Waals surface area contributed by atoms with Crippen LogP contribution in [0.4, 0.5) is 0 Å². The molecular weight excluding hydrogens is 304 g/mol. The summed E-state index contributed by atoms with van der Waals surface area (Å²) in [5, 5.41) is 10.7. The van der Waals surface area contributed by atoms with Gasteiger partial charge in [0, 0.05) is 17.8 Å². The minimum Gasteiger partial charge on any atom is -0.413 e. The average Bonchev–Trinajstić information content (AvgIpc) is 2.32. The van der Waals surface area contributed by atoms with Gasteiger partial charge in [-0.05, 0) is 24.1 Å². The Labute approximate surface area is 145 Å². The van der Waals surface area contributed by atoms with Crippen molar-refractivity contribution in [3.05, 3.63) is 0 Å². The second kappa shape index (κ2) is 7.79. The van der Waals surface area contributed by atoms with E-state index in [-0.39, 0.29) is 29.3 Å². The standard InChI is InChI=1S/C19H40O3Si/c1-13(2)17(22-23(10,11)19(7,8)9)14(3)15(20)12-16(21)18(4,5)6/h13-15,17,20H,12H2,1-11H3/t14-,15+,17+/m0/s1. The van der Waals surface area contributed by atoms with E-state index in [4.69, 9.17) is 4.43 Å². The highest BCUT2D eigenvalue weighted by molar-refractivity contribution is 6.74. The first-order valence-corrected chi connectivity index (χ1v) is 11.8. The average molecular weight is 345 g/mol. The summed E-state index contributed by atoms with van der Waals surface area (Å²) in [6.07, 6.45) is -0.480. The molecule has 0 amide bonds. The molecule has 0 saturated heterocycles. The van der Waals surface area contributed by atoms with Gasteiger partial charge in [-0.25, -0.2) is 0 Å². The molecule has 0 aromatic heterocycles. The Bertz CT molecular complexity index is 388. The number of rotatable bonds is 7. The van der Waals surface area contributed by atoms with E-state index < -0.39 is 19.8 Å². The third kappa shape index (κ3) is 6.67. The highest BCUT2D eigenvalue weighted by Gasteiger charge is 2.42. The third-order valence-corrected chi connectivity index (χ3v) is 9.72. The van der Waals surface area contributed by atoms with Crippen LogP contribution in [0.2, 0.25) is 18.1 Å². The van der Waals surface area contributed by atoms with Crippen LogP contribution in [0.25, 0.3) is 0 Å². The van der Waals surface area contributed by atoms with Crippen molar-refractivity contribution >= 4 is 14.1 Å². The smallest absolute Gasteiger partial charge is 0.192 e. The topological polar surface area (TPSA) is 46.5 Å². The largest absolute Gasteiger partial charge is 0.413 e. The number of hydrogen-bond donors (Lipinski definition) is 1. The zero-order valence-corrected chi connectivity index (χ0v) is 18.3. The number of carbonyl (C=O) groups is 1. The summed E-state index contributed by atoms with van der Waals surface area (Å²) in [4.78, 5) is 12.2. The molecule has 4 heteroatoms. The second-order valence-electron chi connectivity index (χ2n) is 9.89. The summed E-state index contributed by atoms with van der Waals surface area (Å²) in [5.74, 6) is 0.348. The number of aliphatic hydroxyl groups excluding tert-OH is 1. The van der Waals surface area contributed by atoms with Crippen LogP contribution in [0.15, 0.2) is 0 Å². The Morgan fingerprint density at radius 3 is 1.78 bits per heavy atom. The Balaban J connectivity index is 5.14. The van der Waals surface area contributed by atoms with Crippen molar-refractivity contribution in [2.75, 3.05) is 0 Å². The molecule has 0 radical (unpaired) electrons. The van der Waals surface area contributed by atoms with Gasteiger partial charge in [0.1, 0.15) is 5.78 Å². The lowest BCUT2D eigenvalue weighted by atomic mass is 9.82. The van der Waals surface area contributed by atoms with Crippen molar-refractivity contribution in [2.24, 2.45) is 17.3 Å². The van der Waals surface area contributed by atoms with Crippen LogP contribution < -0.4 is 0 Å². The van der Waals surface area contributed by atoms with Gasteiger partial charge in [0.25, 0.3) is 0 Å². The molecule has 0 bridgehead atoms. The Morgan fingerprint density at radius 2 is 1.48 bits per heavy atom. The van der Waals surface area contributed by atoms with Gasteiger partial charge in [0.05, 0.1) is 12.2 Å². The van der Waals surface area contributed by atoms with Gasteiger partial charge in [0.15, 0.2) is 8.32 Å². The molecule has 0 aromatic rings. The van der Waals surface area contributed by atoms with Gasteiger partial charge < -0.3 is 9.53 Å². The summed E-state index contributed by atoms with van der Waals surface area (Å²) in [5.41, 5.74) is -0.408. The van der Waals surface area contributed by atoms with Crippen molar-refractivity contribution < 1.29 is 14.3 Å². The first-order valence-electron chi connectivity index (χ1n) is 8.90. The monoisotopic (exact) mass is 344 g/mol. The first-order chi connectivity index (χ1) is 10.0. The van der Waals surface area contributed by atoms with Crippen LogP contribution in [0.5, 0.6) is 0 Å². The number of ketones is 1. The van der Waals surface area contributed by atoms with Gasteiger partial charge in [0.2, 0.25) is 0 Å². The predicted molar refractivity (Wildman–Crippen MR) is 101 cm³/mol. The van der Waals surface area contributed by atoms with Crippen molar-refractivity contribution in [1.29, 1.82) is 0 Å². The summed E-state index contributed by atoms with van der Waals surface area (Å²) in [6, 6.07) is 0. The van der Waals surface area contributed by atoms with Crippen LogP contribution in [0.3, 0.4) is 0 Å². The molecule has 1 N–H and O–H groups in total. The molecule has 0 aliphatic carbocycles. The number of hydrogen-bond acceptors (Lipinski definition) is 3. The van der Waals surface area contributed by atoms with E-state index >= 15 is 0 Å². The van der Waals surface area contributed by atoms with Gasteiger partial charge in [-0.1, -0.05) is 62.3 Å². The van der Waals surface area contributed by atoms with E-state index in [1.807, 2.05) is 27.7 Å². The first kappa shape index (κ1) is 22.8. The van der Waals surface area contributed by atoms with Crippen LogP contribution in [-0.2, 0) is 9.22 Å². The van der Waals surface area contributed by atoms with Crippen LogP contribution in [0, 0.1) is 17.3 Å². The molecule has 3 atom stereocenters. The van der Waals surface area contributed by atoms with Gasteiger partial charge in [-0.2, -0.15) is 0 Å². The van der Waals surface area contributed by atoms with Crippen molar-refractivity contribution in [2.45, 2.75) is 99.1 Å². The van der Waals surface area contributed by atoms with E-state index in [9.17, 15) is 9.90 Å². The zero-order chi connectivity index (χ0) is 18.8. The fourth-order valence-corrected chi connectivity index (χ4v) is 3.79. The van der Waals surface area contributed by atoms with E-state index in [1.165, 1.54) is 0 Å². The number of carbonyl (C=O) groups excluding carboxylic acids is 1. The Kier molecular flexibility index (Phi) is 7.73. The SMILES string of the molecule is CC(C)[C@@H](O[Si](C)(C)C(C)(C)C)[C@@H](C)[C@H](O)CC(=O)C(C)(C)C. The molecule has 0 saturated carbocycles. The van der Waals surface area contributed by atoms with Gasteiger partial charge in [-0.15, -0.1) is 0 Å². The summed E-state index contributed by atoms with van der Waals surface area (Å²) >= 11 is 0. The van der Waals surface area contributed by atoms with E-state index in [0.717, 1.165) is 0 Å². The summed E-state index contributed by atoms with van der Waals surface area (Å²) in [6.45, 7) is 23.1. The second-order valence-corrected chi connectivity index (χ2v) is 14.6. The van der Waals surface area contributed by atoms with E-state index in [1.54, 1.807) is 0 Å². The van der Waals surface area contributed by atoms with Gasteiger partial charge >= 0.3 is 0 Å². The molecule has 23 heavy (non-hydrogen) atoms. The maximum atomic E-state index is 12.2. The van der Waals surface area contributed by atoms with Crippen molar-refractivity contribution in [3.63, 3.8) is 0 Å². The molecular formula is C19H40O3Si. The molecule has 0 unspecified atom stereocenters. The van der Waals surface area contributed by atoms with E-state index in [0.29, 0.717) is 5.92 Å². The molecule has 0 aromatic carbocycles. The van der Waals surface area contributed by atoms with Crippen LogP contribution in [0.1, 0.15) is 68.7 Å². The highest BCUT2D eigenvalue weighted by Crippen LogP contribution is 2.39. The molecule has 0 fully saturated rings. The highest BCUT2D eigenvalue weighted by atomic mass is 28.4. The molecule has 0 aliphatic heterocycles. The quantitative estimate of drug-likeness (QED) is 0.658. The maximum absolute atomic E-state index is 12.2. The Hall–Kier alpha value is -0.193. The zero-order valence-electron chi connectivity index (χ0n) is 17.3.